The van der Waals surface area contributed by atoms with Gasteiger partial charge in [-0.05, 0) is 65.3 Å². The minimum atomic E-state index is -0.191. The van der Waals surface area contributed by atoms with Gasteiger partial charge in [-0.3, -0.25) is 0 Å². The van der Waals surface area contributed by atoms with Crippen LogP contribution >= 0.6 is 11.8 Å². The molecule has 3 rings (SSSR count). The predicted molar refractivity (Wildman–Crippen MR) is 136 cm³/mol. The molecule has 0 atom stereocenters. The molecule has 0 aliphatic heterocycles. The van der Waals surface area contributed by atoms with Crippen molar-refractivity contribution in [3.8, 4) is 5.75 Å². The molecule has 0 saturated heterocycles. The molecule has 0 amide bonds. The van der Waals surface area contributed by atoms with Gasteiger partial charge in [-0.1, -0.05) is 71.5 Å². The van der Waals surface area contributed by atoms with E-state index in [1.165, 1.54) is 5.56 Å². The average Bonchev–Trinajstić information content (AvgIpc) is 2.68. The number of nitrogens with zero attached hydrogens (tertiary/aromatic N) is 2. The van der Waals surface area contributed by atoms with E-state index in [4.69, 9.17) is 5.73 Å². The van der Waals surface area contributed by atoms with Crippen LogP contribution in [0.5, 0.6) is 5.75 Å². The van der Waals surface area contributed by atoms with Gasteiger partial charge in [-0.25, -0.2) is 0 Å². The van der Waals surface area contributed by atoms with Crippen LogP contribution in [0.4, 0.5) is 17.1 Å². The molecular weight excluding hydrogens is 414 g/mol. The monoisotopic (exact) mass is 447 g/mol. The molecule has 0 saturated carbocycles. The summed E-state index contributed by atoms with van der Waals surface area (Å²) in [5, 5.41) is 19.3. The highest BCUT2D eigenvalue weighted by atomic mass is 32.2. The zero-order valence-corrected chi connectivity index (χ0v) is 20.8. The van der Waals surface area contributed by atoms with E-state index >= 15 is 0 Å². The van der Waals surface area contributed by atoms with Crippen LogP contribution in [0, 0.1) is 6.92 Å². The second-order valence-corrected chi connectivity index (χ2v) is 11.4. The van der Waals surface area contributed by atoms with Gasteiger partial charge < -0.3 is 10.8 Å². The molecular formula is C27H33N3OS. The Morgan fingerprint density at radius 2 is 1.34 bits per heavy atom. The normalized spacial score (nSPS) is 12.5. The lowest BCUT2D eigenvalue weighted by molar-refractivity contribution is 0.447. The molecule has 0 aromatic heterocycles. The number of nitrogens with two attached hydrogens (primary N) is 1. The number of rotatable bonds is 4. The fourth-order valence-corrected chi connectivity index (χ4v) is 4.23. The van der Waals surface area contributed by atoms with Gasteiger partial charge in [0.05, 0.1) is 5.69 Å². The Morgan fingerprint density at radius 1 is 0.750 bits per heavy atom. The van der Waals surface area contributed by atoms with Crippen LogP contribution in [0.25, 0.3) is 0 Å². The van der Waals surface area contributed by atoms with E-state index < -0.39 is 0 Å². The topological polar surface area (TPSA) is 71.0 Å². The second-order valence-electron chi connectivity index (χ2n) is 10.2. The molecule has 0 fully saturated rings. The van der Waals surface area contributed by atoms with Crippen LogP contribution in [0.15, 0.2) is 74.6 Å². The van der Waals surface area contributed by atoms with Crippen molar-refractivity contribution in [2.24, 2.45) is 10.2 Å². The summed E-state index contributed by atoms with van der Waals surface area (Å²) in [6, 6.07) is 18.2. The highest BCUT2D eigenvalue weighted by Crippen LogP contribution is 2.40. The van der Waals surface area contributed by atoms with Crippen LogP contribution < -0.4 is 5.73 Å². The third-order valence-corrected chi connectivity index (χ3v) is 6.26. The fourth-order valence-electron chi connectivity index (χ4n) is 3.36. The summed E-state index contributed by atoms with van der Waals surface area (Å²) in [6.07, 6.45) is 0. The lowest BCUT2D eigenvalue weighted by Gasteiger charge is -2.21. The summed E-state index contributed by atoms with van der Waals surface area (Å²) in [5.41, 5.74) is 11.0. The summed E-state index contributed by atoms with van der Waals surface area (Å²) in [6.45, 7) is 14.8. The smallest absolute Gasteiger partial charge is 0.146 e. The zero-order chi connectivity index (χ0) is 23.7. The van der Waals surface area contributed by atoms with E-state index in [0.717, 1.165) is 20.9 Å². The second kappa shape index (κ2) is 8.99. The average molecular weight is 448 g/mol. The van der Waals surface area contributed by atoms with Gasteiger partial charge in [0.1, 0.15) is 17.1 Å². The molecule has 0 aliphatic carbocycles. The molecule has 0 spiro atoms. The highest BCUT2D eigenvalue weighted by Gasteiger charge is 2.21. The van der Waals surface area contributed by atoms with Crippen LogP contribution in [-0.4, -0.2) is 5.11 Å². The third kappa shape index (κ3) is 5.71. The summed E-state index contributed by atoms with van der Waals surface area (Å²) in [4.78, 5) is 2.20. The Bertz CT molecular complexity index is 1140. The van der Waals surface area contributed by atoms with Crippen LogP contribution in [0.1, 0.15) is 58.2 Å². The molecule has 5 heteroatoms. The lowest BCUT2D eigenvalue weighted by Crippen LogP contribution is -2.11. The number of anilines is 1. The Hall–Kier alpha value is -2.79. The molecule has 168 valence electrons. The maximum Gasteiger partial charge on any atom is 0.146 e. The maximum absolute atomic E-state index is 10.7. The maximum atomic E-state index is 10.7. The number of hydrogen-bond acceptors (Lipinski definition) is 5. The van der Waals surface area contributed by atoms with Crippen LogP contribution in [-0.2, 0) is 10.8 Å². The van der Waals surface area contributed by atoms with Crippen molar-refractivity contribution in [3.63, 3.8) is 0 Å². The van der Waals surface area contributed by atoms with E-state index in [1.54, 1.807) is 11.8 Å². The van der Waals surface area contributed by atoms with E-state index in [0.29, 0.717) is 17.1 Å². The van der Waals surface area contributed by atoms with Gasteiger partial charge in [0.2, 0.25) is 0 Å². The molecule has 32 heavy (non-hydrogen) atoms. The van der Waals surface area contributed by atoms with Crippen molar-refractivity contribution in [2.75, 3.05) is 5.73 Å². The Kier molecular flexibility index (Phi) is 6.70. The molecule has 3 aromatic rings. The van der Waals surface area contributed by atoms with Gasteiger partial charge in [0.25, 0.3) is 0 Å². The van der Waals surface area contributed by atoms with Gasteiger partial charge in [-0.2, -0.15) is 0 Å². The van der Waals surface area contributed by atoms with E-state index in [1.807, 2.05) is 37.3 Å². The number of phenolic OH excluding ortho intramolecular Hbond substituents is 1. The number of hydrogen-bond donors (Lipinski definition) is 2. The van der Waals surface area contributed by atoms with Gasteiger partial charge in [0, 0.05) is 15.4 Å². The molecule has 3 N–H and O–H groups in total. The summed E-state index contributed by atoms with van der Waals surface area (Å²) in [7, 11) is 0. The van der Waals surface area contributed by atoms with Gasteiger partial charge in [0.15, 0.2) is 0 Å². The zero-order valence-electron chi connectivity index (χ0n) is 20.0. The summed E-state index contributed by atoms with van der Waals surface area (Å²) < 4.78 is 0. The molecule has 4 nitrogen and oxygen atoms in total. The molecule has 0 aliphatic rings. The molecule has 0 unspecified atom stereocenters. The number of azo groups is 1. The van der Waals surface area contributed by atoms with Crippen molar-refractivity contribution in [1.82, 2.24) is 0 Å². The van der Waals surface area contributed by atoms with Crippen molar-refractivity contribution >= 4 is 28.8 Å². The molecule has 3 aromatic carbocycles. The number of aryl methyl sites for hydroxylation is 1. The van der Waals surface area contributed by atoms with Crippen molar-refractivity contribution in [1.29, 1.82) is 0 Å². The Morgan fingerprint density at radius 3 is 1.91 bits per heavy atom. The van der Waals surface area contributed by atoms with Crippen molar-refractivity contribution in [2.45, 2.75) is 69.1 Å². The first-order valence-electron chi connectivity index (χ1n) is 10.8. The standard InChI is InChI=1S/C27H33N3OS/c1-17-14-21(27(5,6)7)25(31)24(15-17)30-29-23-13-12-20(16-22(23)28)32-19-10-8-18(9-11-19)26(2,3)4/h8-16,31H,28H2,1-7H3. The molecule has 0 heterocycles. The van der Waals surface area contributed by atoms with E-state index in [-0.39, 0.29) is 16.6 Å². The van der Waals surface area contributed by atoms with Crippen molar-refractivity contribution < 1.29 is 5.11 Å². The third-order valence-electron chi connectivity index (χ3n) is 5.26. The molecule has 0 radical (unpaired) electrons. The van der Waals surface area contributed by atoms with Crippen LogP contribution in [0.2, 0.25) is 0 Å². The number of nitrogen functional groups attached to an aromatic ring is 1. The van der Waals surface area contributed by atoms with E-state index in [9.17, 15) is 5.11 Å². The Labute approximate surface area is 196 Å². The number of benzene rings is 3. The minimum Gasteiger partial charge on any atom is -0.505 e. The Balaban J connectivity index is 1.81. The first-order chi connectivity index (χ1) is 14.8. The fraction of sp³-hybridized carbons (Fsp3) is 0.333. The van der Waals surface area contributed by atoms with Crippen LogP contribution in [0.3, 0.4) is 0 Å². The molecule has 0 bridgehead atoms. The summed E-state index contributed by atoms with van der Waals surface area (Å²) in [5.74, 6) is 0.163. The lowest BCUT2D eigenvalue weighted by atomic mass is 9.85. The minimum absolute atomic E-state index is 0.139. The largest absolute Gasteiger partial charge is 0.505 e. The first kappa shape index (κ1) is 23.9. The van der Waals surface area contributed by atoms with Gasteiger partial charge >= 0.3 is 0 Å². The number of aromatic hydroxyl groups is 1. The summed E-state index contributed by atoms with van der Waals surface area (Å²) >= 11 is 1.66. The predicted octanol–water partition coefficient (Wildman–Crippen LogP) is 8.44. The SMILES string of the molecule is Cc1cc(N=Nc2ccc(Sc3ccc(C(C)(C)C)cc3)cc2N)c(O)c(C(C)(C)C)c1. The van der Waals surface area contributed by atoms with E-state index in [2.05, 4.69) is 76.0 Å². The van der Waals surface area contributed by atoms with Crippen molar-refractivity contribution in [3.05, 3.63) is 71.3 Å². The number of phenols is 1. The van der Waals surface area contributed by atoms with Gasteiger partial charge in [-0.15, -0.1) is 10.2 Å². The quantitative estimate of drug-likeness (QED) is 0.311. The highest BCUT2D eigenvalue weighted by molar-refractivity contribution is 7.99. The first-order valence-corrected chi connectivity index (χ1v) is 11.6.